The highest BCUT2D eigenvalue weighted by Gasteiger charge is 2.35. The Labute approximate surface area is 80.0 Å². The fraction of sp³-hybridized carbons (Fsp3) is 0.818. The average molecular weight is 181 g/mol. The third-order valence-corrected chi connectivity index (χ3v) is 3.42. The maximum atomic E-state index is 8.86. The van der Waals surface area contributed by atoms with Crippen molar-refractivity contribution in [1.29, 1.82) is 0 Å². The lowest BCUT2D eigenvalue weighted by Crippen LogP contribution is -2.34. The SMILES string of the molecule is C[C@@H](CO)NC[C@H]1C[C@H]2C=C[C@H]1C2. The van der Waals surface area contributed by atoms with Crippen molar-refractivity contribution >= 4 is 0 Å². The maximum absolute atomic E-state index is 8.86. The van der Waals surface area contributed by atoms with Gasteiger partial charge in [0.15, 0.2) is 0 Å². The van der Waals surface area contributed by atoms with Gasteiger partial charge in [-0.3, -0.25) is 0 Å². The molecule has 2 bridgehead atoms. The van der Waals surface area contributed by atoms with E-state index >= 15 is 0 Å². The van der Waals surface area contributed by atoms with E-state index in [9.17, 15) is 0 Å². The van der Waals surface area contributed by atoms with Gasteiger partial charge in [-0.05, 0) is 44.1 Å². The Morgan fingerprint density at radius 3 is 2.85 bits per heavy atom. The molecule has 0 aliphatic heterocycles. The van der Waals surface area contributed by atoms with Crippen molar-refractivity contribution in [3.63, 3.8) is 0 Å². The summed E-state index contributed by atoms with van der Waals surface area (Å²) >= 11 is 0. The lowest BCUT2D eigenvalue weighted by Gasteiger charge is -2.20. The molecular weight excluding hydrogens is 162 g/mol. The molecule has 13 heavy (non-hydrogen) atoms. The number of aliphatic hydroxyl groups excluding tert-OH is 1. The molecule has 2 aliphatic rings. The first-order valence-corrected chi connectivity index (χ1v) is 5.32. The zero-order valence-electron chi connectivity index (χ0n) is 8.24. The summed E-state index contributed by atoms with van der Waals surface area (Å²) in [5.74, 6) is 2.51. The van der Waals surface area contributed by atoms with Crippen LogP contribution in [-0.4, -0.2) is 24.3 Å². The van der Waals surface area contributed by atoms with Crippen LogP contribution >= 0.6 is 0 Å². The van der Waals surface area contributed by atoms with Crippen LogP contribution in [0.25, 0.3) is 0 Å². The van der Waals surface area contributed by atoms with Crippen molar-refractivity contribution in [1.82, 2.24) is 5.32 Å². The predicted octanol–water partition coefficient (Wildman–Crippen LogP) is 1.17. The average Bonchev–Trinajstić information content (AvgIpc) is 2.74. The molecule has 0 amide bonds. The van der Waals surface area contributed by atoms with E-state index in [1.54, 1.807) is 0 Å². The van der Waals surface area contributed by atoms with Crippen molar-refractivity contribution in [2.24, 2.45) is 17.8 Å². The molecule has 0 radical (unpaired) electrons. The zero-order valence-corrected chi connectivity index (χ0v) is 8.24. The monoisotopic (exact) mass is 181 g/mol. The quantitative estimate of drug-likeness (QED) is 0.638. The Bertz CT molecular complexity index is 202. The van der Waals surface area contributed by atoms with E-state index in [1.165, 1.54) is 12.8 Å². The van der Waals surface area contributed by atoms with Gasteiger partial charge < -0.3 is 10.4 Å². The molecule has 2 aliphatic carbocycles. The van der Waals surface area contributed by atoms with E-state index in [4.69, 9.17) is 5.11 Å². The molecule has 2 heteroatoms. The van der Waals surface area contributed by atoms with E-state index in [1.807, 2.05) is 6.92 Å². The van der Waals surface area contributed by atoms with E-state index in [0.29, 0.717) is 0 Å². The highest BCUT2D eigenvalue weighted by molar-refractivity contribution is 5.10. The molecule has 1 fully saturated rings. The molecule has 0 aromatic rings. The molecular formula is C11H19NO. The number of nitrogens with one attached hydrogen (secondary N) is 1. The number of allylic oxidation sites excluding steroid dienone is 2. The fourth-order valence-electron chi connectivity index (χ4n) is 2.55. The molecule has 1 saturated carbocycles. The largest absolute Gasteiger partial charge is 0.395 e. The Kier molecular flexibility index (Phi) is 2.70. The summed E-state index contributed by atoms with van der Waals surface area (Å²) in [5, 5.41) is 12.2. The molecule has 0 aromatic heterocycles. The molecule has 0 spiro atoms. The summed E-state index contributed by atoms with van der Waals surface area (Å²) in [6.45, 7) is 3.35. The summed E-state index contributed by atoms with van der Waals surface area (Å²) in [6.07, 6.45) is 7.48. The summed E-state index contributed by atoms with van der Waals surface area (Å²) in [7, 11) is 0. The van der Waals surface area contributed by atoms with Crippen LogP contribution in [0.15, 0.2) is 12.2 Å². The smallest absolute Gasteiger partial charge is 0.0581 e. The number of fused-ring (bicyclic) bond motifs is 2. The Morgan fingerprint density at radius 2 is 2.31 bits per heavy atom. The predicted molar refractivity (Wildman–Crippen MR) is 53.4 cm³/mol. The van der Waals surface area contributed by atoms with Gasteiger partial charge in [0.1, 0.15) is 0 Å². The lowest BCUT2D eigenvalue weighted by atomic mass is 9.93. The van der Waals surface area contributed by atoms with Crippen molar-refractivity contribution in [2.45, 2.75) is 25.8 Å². The molecule has 0 heterocycles. The maximum Gasteiger partial charge on any atom is 0.0581 e. The summed E-state index contributed by atoms with van der Waals surface area (Å²) < 4.78 is 0. The van der Waals surface area contributed by atoms with Gasteiger partial charge >= 0.3 is 0 Å². The van der Waals surface area contributed by atoms with Gasteiger partial charge in [-0.15, -0.1) is 0 Å². The zero-order chi connectivity index (χ0) is 9.26. The van der Waals surface area contributed by atoms with Crippen LogP contribution in [0.3, 0.4) is 0 Å². The van der Waals surface area contributed by atoms with E-state index < -0.39 is 0 Å². The first-order valence-electron chi connectivity index (χ1n) is 5.32. The minimum absolute atomic E-state index is 0.247. The third-order valence-electron chi connectivity index (χ3n) is 3.42. The minimum atomic E-state index is 0.247. The second kappa shape index (κ2) is 3.81. The van der Waals surface area contributed by atoms with Gasteiger partial charge in [-0.1, -0.05) is 12.2 Å². The summed E-state index contributed by atoms with van der Waals surface area (Å²) in [4.78, 5) is 0. The molecule has 2 N–H and O–H groups in total. The molecule has 4 atom stereocenters. The number of hydrogen-bond acceptors (Lipinski definition) is 2. The first kappa shape index (κ1) is 9.22. The summed E-state index contributed by atoms with van der Waals surface area (Å²) in [5.41, 5.74) is 0. The van der Waals surface area contributed by atoms with Gasteiger partial charge in [0.25, 0.3) is 0 Å². The second-order valence-corrected chi connectivity index (χ2v) is 4.53. The topological polar surface area (TPSA) is 32.3 Å². The highest BCUT2D eigenvalue weighted by atomic mass is 16.3. The van der Waals surface area contributed by atoms with Crippen molar-refractivity contribution in [3.05, 3.63) is 12.2 Å². The normalized spacial score (nSPS) is 38.5. The van der Waals surface area contributed by atoms with Crippen molar-refractivity contribution in [3.8, 4) is 0 Å². The first-order chi connectivity index (χ1) is 6.29. The van der Waals surface area contributed by atoms with Crippen LogP contribution in [0.5, 0.6) is 0 Å². The Morgan fingerprint density at radius 1 is 1.46 bits per heavy atom. The number of aliphatic hydroxyl groups is 1. The van der Waals surface area contributed by atoms with Crippen molar-refractivity contribution < 1.29 is 5.11 Å². The molecule has 2 rings (SSSR count). The minimum Gasteiger partial charge on any atom is -0.395 e. The van der Waals surface area contributed by atoms with Gasteiger partial charge in [0.2, 0.25) is 0 Å². The van der Waals surface area contributed by atoms with Gasteiger partial charge in [-0.25, -0.2) is 0 Å². The summed E-state index contributed by atoms with van der Waals surface area (Å²) in [6, 6.07) is 0.253. The van der Waals surface area contributed by atoms with Crippen molar-refractivity contribution in [2.75, 3.05) is 13.2 Å². The molecule has 0 unspecified atom stereocenters. The van der Waals surface area contributed by atoms with Gasteiger partial charge in [0.05, 0.1) is 6.61 Å². The standard InChI is InChI=1S/C11H19NO/c1-8(7-13)12-6-11-5-9-2-3-10(11)4-9/h2-3,8-13H,4-7H2,1H3/t8-,9-,10-,11+/m0/s1. The van der Waals surface area contributed by atoms with Gasteiger partial charge in [0, 0.05) is 6.04 Å². The van der Waals surface area contributed by atoms with Crippen LogP contribution < -0.4 is 5.32 Å². The molecule has 0 aromatic carbocycles. The molecule has 0 saturated heterocycles. The van der Waals surface area contributed by atoms with Crippen LogP contribution in [0.4, 0.5) is 0 Å². The molecule has 2 nitrogen and oxygen atoms in total. The molecule has 74 valence electrons. The third kappa shape index (κ3) is 1.94. The van der Waals surface area contributed by atoms with Crippen LogP contribution in [0.2, 0.25) is 0 Å². The lowest BCUT2D eigenvalue weighted by molar-refractivity contribution is 0.242. The van der Waals surface area contributed by atoms with E-state index in [-0.39, 0.29) is 12.6 Å². The van der Waals surface area contributed by atoms with Crippen LogP contribution in [0, 0.1) is 17.8 Å². The number of rotatable bonds is 4. The van der Waals surface area contributed by atoms with E-state index in [2.05, 4.69) is 17.5 Å². The second-order valence-electron chi connectivity index (χ2n) is 4.53. The highest BCUT2D eigenvalue weighted by Crippen LogP contribution is 2.42. The fourth-order valence-corrected chi connectivity index (χ4v) is 2.55. The Balaban J connectivity index is 1.75. The number of hydrogen-bond donors (Lipinski definition) is 2. The van der Waals surface area contributed by atoms with E-state index in [0.717, 1.165) is 24.3 Å². The Hall–Kier alpha value is -0.340. The van der Waals surface area contributed by atoms with Crippen LogP contribution in [-0.2, 0) is 0 Å². The van der Waals surface area contributed by atoms with Crippen LogP contribution in [0.1, 0.15) is 19.8 Å². The van der Waals surface area contributed by atoms with Gasteiger partial charge in [-0.2, -0.15) is 0 Å².